The first-order valence-corrected chi connectivity index (χ1v) is 8.23. The van der Waals surface area contributed by atoms with E-state index in [4.69, 9.17) is 18.9 Å². The maximum Gasteiger partial charge on any atom is 0.247 e. The van der Waals surface area contributed by atoms with Crippen molar-refractivity contribution in [2.75, 3.05) is 13.4 Å². The maximum atomic E-state index is 11.9. The van der Waals surface area contributed by atoms with Gasteiger partial charge in [-0.1, -0.05) is 29.8 Å². The van der Waals surface area contributed by atoms with E-state index >= 15 is 0 Å². The van der Waals surface area contributed by atoms with Crippen LogP contribution in [-0.2, 0) is 9.53 Å². The third-order valence-corrected chi connectivity index (χ3v) is 4.08. The molecule has 2 heterocycles. The fourth-order valence-electron chi connectivity index (χ4n) is 2.73. The van der Waals surface area contributed by atoms with E-state index in [-0.39, 0.29) is 19.3 Å². The lowest BCUT2D eigenvalue weighted by atomic mass is 10.1. The maximum absolute atomic E-state index is 11.9. The van der Waals surface area contributed by atoms with Crippen LogP contribution in [0.5, 0.6) is 17.2 Å². The number of carbonyl (C=O) groups is 1. The molecular weight excluding hydrogens is 336 g/mol. The normalized spacial score (nSPS) is 17.7. The zero-order chi connectivity index (χ0) is 18.1. The molecule has 1 unspecified atom stereocenters. The van der Waals surface area contributed by atoms with Crippen LogP contribution in [0.1, 0.15) is 24.3 Å². The molecule has 2 aliphatic heterocycles. The Labute approximate surface area is 150 Å². The topological polar surface area (TPSA) is 69.6 Å². The number of rotatable bonds is 4. The molecule has 0 aromatic heterocycles. The van der Waals surface area contributed by atoms with Crippen LogP contribution in [0.25, 0.3) is 0 Å². The molecule has 0 spiro atoms. The fraction of sp³-hybridized carbons (Fsp3) is 0.263. The number of aryl methyl sites for hydroxylation is 1. The summed E-state index contributed by atoms with van der Waals surface area (Å²) < 4.78 is 22.2. The SMILES string of the molecule is CC(=O)N1N=C(COc2ccc3c(c2)OCO3)OC1c1ccc(C)cc1. The number of nitrogens with zero attached hydrogens (tertiary/aromatic N) is 2. The first kappa shape index (κ1) is 16.3. The Morgan fingerprint density at radius 1 is 1.19 bits per heavy atom. The van der Waals surface area contributed by atoms with Crippen molar-refractivity contribution >= 4 is 11.8 Å². The minimum Gasteiger partial charge on any atom is -0.484 e. The van der Waals surface area contributed by atoms with Gasteiger partial charge < -0.3 is 18.9 Å². The Morgan fingerprint density at radius 2 is 1.96 bits per heavy atom. The van der Waals surface area contributed by atoms with Crippen molar-refractivity contribution in [1.82, 2.24) is 5.01 Å². The lowest BCUT2D eigenvalue weighted by molar-refractivity contribution is -0.135. The van der Waals surface area contributed by atoms with Crippen molar-refractivity contribution in [3.63, 3.8) is 0 Å². The van der Waals surface area contributed by atoms with E-state index in [1.807, 2.05) is 31.2 Å². The van der Waals surface area contributed by atoms with Crippen molar-refractivity contribution in [2.24, 2.45) is 5.10 Å². The fourth-order valence-corrected chi connectivity index (χ4v) is 2.73. The minimum absolute atomic E-state index is 0.103. The standard InChI is InChI=1S/C19H18N2O5/c1-12-3-5-14(6-4-12)19-21(13(2)22)20-18(26-19)10-23-15-7-8-16-17(9-15)25-11-24-16/h3-9,19H,10-11H2,1-2H3. The van der Waals surface area contributed by atoms with Crippen LogP contribution in [0.15, 0.2) is 47.6 Å². The van der Waals surface area contributed by atoms with Crippen LogP contribution in [-0.4, -0.2) is 30.2 Å². The van der Waals surface area contributed by atoms with Gasteiger partial charge in [0.1, 0.15) is 5.75 Å². The largest absolute Gasteiger partial charge is 0.484 e. The first-order valence-electron chi connectivity index (χ1n) is 8.23. The van der Waals surface area contributed by atoms with E-state index in [2.05, 4.69) is 5.10 Å². The molecule has 0 saturated carbocycles. The van der Waals surface area contributed by atoms with Gasteiger partial charge in [-0.15, -0.1) is 5.10 Å². The van der Waals surface area contributed by atoms with E-state index in [0.717, 1.165) is 11.1 Å². The van der Waals surface area contributed by atoms with Crippen LogP contribution in [0.3, 0.4) is 0 Å². The average molecular weight is 354 g/mol. The third-order valence-electron chi connectivity index (χ3n) is 4.08. The Hall–Kier alpha value is -3.22. The van der Waals surface area contributed by atoms with E-state index in [0.29, 0.717) is 23.1 Å². The highest BCUT2D eigenvalue weighted by Gasteiger charge is 2.32. The van der Waals surface area contributed by atoms with E-state index < -0.39 is 6.23 Å². The number of hydrogen-bond acceptors (Lipinski definition) is 6. The molecule has 134 valence electrons. The predicted octanol–water partition coefficient (Wildman–Crippen LogP) is 2.99. The molecule has 7 heteroatoms. The average Bonchev–Trinajstić information content (AvgIpc) is 3.27. The number of hydrogen-bond donors (Lipinski definition) is 0. The third kappa shape index (κ3) is 3.15. The number of hydrazone groups is 1. The summed E-state index contributed by atoms with van der Waals surface area (Å²) in [5, 5.41) is 5.58. The van der Waals surface area contributed by atoms with Crippen LogP contribution in [0.2, 0.25) is 0 Å². The lowest BCUT2D eigenvalue weighted by Gasteiger charge is -2.19. The predicted molar refractivity (Wildman–Crippen MR) is 93.0 cm³/mol. The van der Waals surface area contributed by atoms with Crippen LogP contribution >= 0.6 is 0 Å². The quantitative estimate of drug-likeness (QED) is 0.844. The molecule has 0 saturated heterocycles. The summed E-state index contributed by atoms with van der Waals surface area (Å²) >= 11 is 0. The summed E-state index contributed by atoms with van der Waals surface area (Å²) in [7, 11) is 0. The molecule has 2 aliphatic rings. The zero-order valence-corrected chi connectivity index (χ0v) is 14.5. The molecule has 1 atom stereocenters. The van der Waals surface area contributed by atoms with Crippen molar-refractivity contribution in [2.45, 2.75) is 20.1 Å². The molecule has 0 radical (unpaired) electrons. The smallest absolute Gasteiger partial charge is 0.247 e. The molecule has 2 aromatic rings. The lowest BCUT2D eigenvalue weighted by Crippen LogP contribution is -2.25. The monoisotopic (exact) mass is 354 g/mol. The van der Waals surface area contributed by atoms with Gasteiger partial charge in [0.2, 0.25) is 24.8 Å². The van der Waals surface area contributed by atoms with E-state index in [1.54, 1.807) is 18.2 Å². The molecule has 1 amide bonds. The second-order valence-electron chi connectivity index (χ2n) is 6.04. The van der Waals surface area contributed by atoms with Crippen LogP contribution in [0, 0.1) is 6.92 Å². The van der Waals surface area contributed by atoms with Crippen LogP contribution < -0.4 is 14.2 Å². The molecule has 7 nitrogen and oxygen atoms in total. The molecule has 0 fully saturated rings. The van der Waals surface area contributed by atoms with Gasteiger partial charge in [-0.2, -0.15) is 5.01 Å². The summed E-state index contributed by atoms with van der Waals surface area (Å²) in [5.41, 5.74) is 1.99. The number of fused-ring (bicyclic) bond motifs is 1. The van der Waals surface area contributed by atoms with E-state index in [9.17, 15) is 4.79 Å². The second kappa shape index (κ2) is 6.59. The summed E-state index contributed by atoms with van der Waals surface area (Å²) in [6.45, 7) is 3.77. The van der Waals surface area contributed by atoms with Gasteiger partial charge in [0.25, 0.3) is 0 Å². The Bertz CT molecular complexity index is 863. The van der Waals surface area contributed by atoms with Gasteiger partial charge >= 0.3 is 0 Å². The first-order chi connectivity index (χ1) is 12.6. The van der Waals surface area contributed by atoms with Gasteiger partial charge in [-0.25, -0.2) is 0 Å². The van der Waals surface area contributed by atoms with E-state index in [1.165, 1.54) is 11.9 Å². The number of carbonyl (C=O) groups excluding carboxylic acids is 1. The Kier molecular flexibility index (Phi) is 4.12. The van der Waals surface area contributed by atoms with Crippen molar-refractivity contribution < 1.29 is 23.7 Å². The van der Waals surface area contributed by atoms with Crippen molar-refractivity contribution in [1.29, 1.82) is 0 Å². The highest BCUT2D eigenvalue weighted by Crippen LogP contribution is 2.35. The molecule has 0 N–H and O–H groups in total. The van der Waals surface area contributed by atoms with Gasteiger partial charge in [0, 0.05) is 18.6 Å². The van der Waals surface area contributed by atoms with Gasteiger partial charge in [0.15, 0.2) is 18.1 Å². The van der Waals surface area contributed by atoms with Crippen LogP contribution in [0.4, 0.5) is 0 Å². The number of amides is 1. The number of benzene rings is 2. The second-order valence-corrected chi connectivity index (χ2v) is 6.04. The summed E-state index contributed by atoms with van der Waals surface area (Å²) in [4.78, 5) is 11.9. The highest BCUT2D eigenvalue weighted by atomic mass is 16.7. The van der Waals surface area contributed by atoms with Gasteiger partial charge in [-0.05, 0) is 19.1 Å². The van der Waals surface area contributed by atoms with Gasteiger partial charge in [0.05, 0.1) is 0 Å². The van der Waals surface area contributed by atoms with Gasteiger partial charge in [-0.3, -0.25) is 4.79 Å². The molecule has 26 heavy (non-hydrogen) atoms. The molecule has 2 aromatic carbocycles. The Balaban J connectivity index is 1.46. The molecule has 4 rings (SSSR count). The minimum atomic E-state index is -0.580. The summed E-state index contributed by atoms with van der Waals surface area (Å²) in [6, 6.07) is 13.1. The molecule has 0 bridgehead atoms. The zero-order valence-electron chi connectivity index (χ0n) is 14.5. The molecule has 0 aliphatic carbocycles. The highest BCUT2D eigenvalue weighted by molar-refractivity contribution is 5.83. The Morgan fingerprint density at radius 3 is 2.73 bits per heavy atom. The van der Waals surface area contributed by atoms with Crippen molar-refractivity contribution in [3.8, 4) is 17.2 Å². The molecular formula is C19H18N2O5. The number of ether oxygens (including phenoxy) is 4. The summed E-state index contributed by atoms with van der Waals surface area (Å²) in [5.74, 6) is 2.07. The van der Waals surface area contributed by atoms with Crippen molar-refractivity contribution in [3.05, 3.63) is 53.6 Å². The summed E-state index contributed by atoms with van der Waals surface area (Å²) in [6.07, 6.45) is -0.580.